The highest BCUT2D eigenvalue weighted by Gasteiger charge is 2.42. The number of esters is 2. The van der Waals surface area contributed by atoms with Crippen molar-refractivity contribution in [2.45, 2.75) is 124 Å². The number of aliphatic hydroxyl groups is 1. The number of hydrogen-bond donors (Lipinski definition) is 4. The zero-order valence-corrected chi connectivity index (χ0v) is 35.8. The van der Waals surface area contributed by atoms with Gasteiger partial charge in [0.25, 0.3) is 0 Å². The zero-order valence-electron chi connectivity index (χ0n) is 35.8. The molecule has 2 aromatic carbocycles. The van der Waals surface area contributed by atoms with Crippen LogP contribution in [0.25, 0.3) is 11.1 Å². The Balaban J connectivity index is 2.05. The number of aromatic nitrogens is 1. The quantitative estimate of drug-likeness (QED) is 0.131. The lowest BCUT2D eigenvalue weighted by Gasteiger charge is -2.41. The number of amides is 2. The number of ketones is 1. The lowest BCUT2D eigenvalue weighted by atomic mass is 9.82. The molecule has 3 aromatic rings. The van der Waals surface area contributed by atoms with Crippen molar-refractivity contribution >= 4 is 29.5 Å². The molecular formula is C44H61F2N5O8. The van der Waals surface area contributed by atoms with Crippen LogP contribution in [0, 0.1) is 23.0 Å². The van der Waals surface area contributed by atoms with Crippen LogP contribution in [0.2, 0.25) is 0 Å². The van der Waals surface area contributed by atoms with Gasteiger partial charge in [-0.1, -0.05) is 51.1 Å². The van der Waals surface area contributed by atoms with Gasteiger partial charge in [0.2, 0.25) is 11.8 Å². The lowest BCUT2D eigenvalue weighted by Crippen LogP contribution is -2.57. The van der Waals surface area contributed by atoms with Crippen LogP contribution in [0.1, 0.15) is 99.4 Å². The molecule has 0 fully saturated rings. The maximum Gasteiger partial charge on any atom is 0.329 e. The minimum atomic E-state index is -1.70. The second kappa shape index (κ2) is 19.8. The lowest BCUT2D eigenvalue weighted by molar-refractivity contribution is -0.164. The van der Waals surface area contributed by atoms with Crippen LogP contribution in [0.4, 0.5) is 8.78 Å². The summed E-state index contributed by atoms with van der Waals surface area (Å²) in [5.41, 5.74) is 11.4. The number of Topliss-reactive ketones (excluding diaryl/α,β-unsaturated/α-hetero) is 1. The highest BCUT2D eigenvalue weighted by atomic mass is 19.1. The number of aliphatic hydroxyl groups excluding tert-OH is 1. The third-order valence-electron chi connectivity index (χ3n) is 9.23. The van der Waals surface area contributed by atoms with Crippen molar-refractivity contribution in [2.24, 2.45) is 22.8 Å². The van der Waals surface area contributed by atoms with Gasteiger partial charge in [0.1, 0.15) is 35.5 Å². The largest absolute Gasteiger partial charge is 0.460 e. The summed E-state index contributed by atoms with van der Waals surface area (Å²) in [6, 6.07) is 9.16. The number of carbonyl (C=O) groups is 5. The van der Waals surface area contributed by atoms with Crippen LogP contribution >= 0.6 is 0 Å². The van der Waals surface area contributed by atoms with Crippen LogP contribution in [0.15, 0.2) is 60.8 Å². The Kier molecular flexibility index (Phi) is 16.3. The van der Waals surface area contributed by atoms with E-state index in [1.54, 1.807) is 53.8 Å². The molecule has 1 unspecified atom stereocenters. The minimum absolute atomic E-state index is 0.0106. The predicted octanol–water partition coefficient (Wildman–Crippen LogP) is 5.20. The molecule has 15 heteroatoms. The number of nitrogens with two attached hydrogens (primary N) is 2. The summed E-state index contributed by atoms with van der Waals surface area (Å²) < 4.78 is 42.4. The van der Waals surface area contributed by atoms with Crippen molar-refractivity contribution in [1.29, 1.82) is 0 Å². The third kappa shape index (κ3) is 14.1. The van der Waals surface area contributed by atoms with Crippen LogP contribution in [-0.2, 0) is 40.0 Å². The van der Waals surface area contributed by atoms with E-state index < -0.39 is 101 Å². The first-order valence-corrected chi connectivity index (χ1v) is 19.6. The van der Waals surface area contributed by atoms with Crippen molar-refractivity contribution in [1.82, 2.24) is 14.8 Å². The molecule has 0 aliphatic carbocycles. The van der Waals surface area contributed by atoms with Crippen molar-refractivity contribution in [2.75, 3.05) is 13.2 Å². The third-order valence-corrected chi connectivity index (χ3v) is 9.23. The van der Waals surface area contributed by atoms with Crippen molar-refractivity contribution in [3.63, 3.8) is 0 Å². The van der Waals surface area contributed by atoms with E-state index >= 15 is 4.39 Å². The fourth-order valence-corrected chi connectivity index (χ4v) is 6.74. The zero-order chi connectivity index (χ0) is 44.6. The smallest absolute Gasteiger partial charge is 0.329 e. The molecular weight excluding hydrogens is 765 g/mol. The Morgan fingerprint density at radius 1 is 0.881 bits per heavy atom. The number of halogens is 2. The van der Waals surface area contributed by atoms with Crippen LogP contribution < -0.4 is 16.8 Å². The van der Waals surface area contributed by atoms with Crippen LogP contribution in [-0.4, -0.2) is 86.6 Å². The maximum absolute atomic E-state index is 15.2. The average Bonchev–Trinajstić information content (AvgIpc) is 3.51. The molecule has 6 N–H and O–H groups in total. The number of benzene rings is 2. The standard InChI is InChI=1S/C44H61F2N5O8/c1-26(47)38(55)31(22-36(54)58-43(5,6)7)37(41(57)59-44(8,9)10)49-40(56)33(48)18-19-51(35(53)25-52)39(42(2,3)4)34-20-28(30-21-29(45)16-17-32(30)46)24-50(34)23-27-14-12-11-13-15-27/h11-17,20-21,24,26,31,33,37,39,52H,18-19,22-23,25,47-48H2,1-10H3,(H,49,56)/t26-,31?,33-,37+,39-/m0/s1. The molecule has 0 aliphatic rings. The van der Waals surface area contributed by atoms with Crippen LogP contribution in [0.5, 0.6) is 0 Å². The topological polar surface area (TPSA) is 196 Å². The SMILES string of the molecule is C[C@H](N)C(=O)C(CC(=O)OC(C)(C)C)[C@@H](NC(=O)[C@@H](N)CCN(C(=O)CO)[C@@H](c1cc(-c2cc(F)ccc2F)cn1Cc1ccccc1)C(C)(C)C)C(=O)OC(C)(C)C. The van der Waals surface area contributed by atoms with Crippen molar-refractivity contribution in [3.05, 3.63) is 83.7 Å². The van der Waals surface area contributed by atoms with Gasteiger partial charge < -0.3 is 40.8 Å². The number of nitrogens with one attached hydrogen (secondary N) is 1. The maximum atomic E-state index is 15.2. The Morgan fingerprint density at radius 3 is 2.03 bits per heavy atom. The Bertz CT molecular complexity index is 1950. The highest BCUT2D eigenvalue weighted by Crippen LogP contribution is 2.41. The Morgan fingerprint density at radius 2 is 1.49 bits per heavy atom. The van der Waals surface area contributed by atoms with Gasteiger partial charge in [-0.2, -0.15) is 0 Å². The first kappa shape index (κ1) is 48.4. The molecule has 324 valence electrons. The van der Waals surface area contributed by atoms with E-state index in [4.69, 9.17) is 20.9 Å². The molecule has 0 bridgehead atoms. The first-order valence-electron chi connectivity index (χ1n) is 19.6. The minimum Gasteiger partial charge on any atom is -0.460 e. The molecule has 0 radical (unpaired) electrons. The molecule has 0 spiro atoms. The second-order valence-electron chi connectivity index (χ2n) is 17.9. The summed E-state index contributed by atoms with van der Waals surface area (Å²) in [6.45, 7) is 15.9. The second-order valence-corrected chi connectivity index (χ2v) is 17.9. The predicted molar refractivity (Wildman–Crippen MR) is 219 cm³/mol. The molecule has 0 aliphatic heterocycles. The van der Waals surface area contributed by atoms with Gasteiger partial charge in [0, 0.05) is 36.1 Å². The normalized spacial score (nSPS) is 14.7. The van der Waals surface area contributed by atoms with E-state index in [1.165, 1.54) is 11.8 Å². The molecule has 2 amide bonds. The fraction of sp³-hybridized carbons (Fsp3) is 0.523. The van der Waals surface area contributed by atoms with Crippen molar-refractivity contribution in [3.8, 4) is 11.1 Å². The number of hydrogen-bond acceptors (Lipinski definition) is 10. The van der Waals surface area contributed by atoms with E-state index in [2.05, 4.69) is 5.32 Å². The molecule has 0 saturated carbocycles. The molecule has 1 heterocycles. The van der Waals surface area contributed by atoms with E-state index in [0.717, 1.165) is 23.8 Å². The van der Waals surface area contributed by atoms with Gasteiger partial charge in [-0.05, 0) is 90.1 Å². The van der Waals surface area contributed by atoms with Crippen LogP contribution in [0.3, 0.4) is 0 Å². The summed E-state index contributed by atoms with van der Waals surface area (Å²) in [7, 11) is 0. The molecule has 5 atom stereocenters. The summed E-state index contributed by atoms with van der Waals surface area (Å²) in [5, 5.41) is 12.8. The van der Waals surface area contributed by atoms with Gasteiger partial charge in [0.05, 0.1) is 30.5 Å². The highest BCUT2D eigenvalue weighted by molar-refractivity contribution is 5.96. The molecule has 59 heavy (non-hydrogen) atoms. The summed E-state index contributed by atoms with van der Waals surface area (Å²) in [5.74, 6) is -6.88. The van der Waals surface area contributed by atoms with E-state index in [9.17, 15) is 33.5 Å². The van der Waals surface area contributed by atoms with Crippen molar-refractivity contribution < 1.29 is 47.3 Å². The van der Waals surface area contributed by atoms with Gasteiger partial charge in [-0.15, -0.1) is 0 Å². The number of ether oxygens (including phenoxy) is 2. The van der Waals surface area contributed by atoms with Gasteiger partial charge in [-0.25, -0.2) is 13.6 Å². The van der Waals surface area contributed by atoms with Gasteiger partial charge in [0.15, 0.2) is 5.78 Å². The summed E-state index contributed by atoms with van der Waals surface area (Å²) >= 11 is 0. The monoisotopic (exact) mass is 825 g/mol. The number of carbonyl (C=O) groups excluding carboxylic acids is 5. The molecule has 13 nitrogen and oxygen atoms in total. The Labute approximate surface area is 345 Å². The van der Waals surface area contributed by atoms with Gasteiger partial charge in [-0.3, -0.25) is 19.2 Å². The average molecular weight is 826 g/mol. The summed E-state index contributed by atoms with van der Waals surface area (Å²) in [4.78, 5) is 69.1. The summed E-state index contributed by atoms with van der Waals surface area (Å²) in [6.07, 6.45) is 0.870. The van der Waals surface area contributed by atoms with E-state index in [0.29, 0.717) is 17.8 Å². The molecule has 1 aromatic heterocycles. The van der Waals surface area contributed by atoms with E-state index in [-0.39, 0.29) is 18.5 Å². The van der Waals surface area contributed by atoms with Gasteiger partial charge >= 0.3 is 11.9 Å². The number of rotatable bonds is 17. The molecule has 3 rings (SSSR count). The first-order chi connectivity index (χ1) is 27.2. The molecule has 0 saturated heterocycles. The van der Waals surface area contributed by atoms with E-state index in [1.807, 2.05) is 55.7 Å². The Hall–Kier alpha value is -4.99. The number of nitrogens with zero attached hydrogens (tertiary/aromatic N) is 2. The fourth-order valence-electron chi connectivity index (χ4n) is 6.74.